The molecule has 7 heteroatoms. The zero-order valence-electron chi connectivity index (χ0n) is 10.8. The van der Waals surface area contributed by atoms with Crippen molar-refractivity contribution < 1.29 is 4.39 Å². The summed E-state index contributed by atoms with van der Waals surface area (Å²) in [7, 11) is 1.82. The van der Waals surface area contributed by atoms with E-state index in [1.54, 1.807) is 27.3 Å². The third-order valence-electron chi connectivity index (χ3n) is 3.16. The van der Waals surface area contributed by atoms with Gasteiger partial charge in [-0.05, 0) is 34.6 Å². The summed E-state index contributed by atoms with van der Waals surface area (Å²) in [6.45, 7) is 0.517. The summed E-state index contributed by atoms with van der Waals surface area (Å²) in [5.41, 5.74) is 6.86. The van der Waals surface area contributed by atoms with Crippen LogP contribution in [0.25, 0.3) is 17.2 Å². The summed E-state index contributed by atoms with van der Waals surface area (Å²) in [6.07, 6.45) is 0.666. The molecule has 0 unspecified atom stereocenters. The SMILES string of the molecule is Cn1c(-c2ccccc2F)nn2c(Br)c(CCN)nc12. The minimum absolute atomic E-state index is 0.304. The zero-order valence-corrected chi connectivity index (χ0v) is 12.4. The van der Waals surface area contributed by atoms with Gasteiger partial charge in [0.1, 0.15) is 10.4 Å². The molecule has 2 N–H and O–H groups in total. The van der Waals surface area contributed by atoms with Crippen molar-refractivity contribution in [2.45, 2.75) is 6.42 Å². The highest BCUT2D eigenvalue weighted by molar-refractivity contribution is 9.10. The minimum Gasteiger partial charge on any atom is -0.330 e. The van der Waals surface area contributed by atoms with E-state index in [0.29, 0.717) is 30.1 Å². The highest BCUT2D eigenvalue weighted by atomic mass is 79.9. The maximum absolute atomic E-state index is 13.9. The molecule has 0 saturated heterocycles. The molecule has 2 heterocycles. The van der Waals surface area contributed by atoms with Gasteiger partial charge in [0.25, 0.3) is 0 Å². The molecule has 5 nitrogen and oxygen atoms in total. The van der Waals surface area contributed by atoms with Crippen molar-refractivity contribution in [1.82, 2.24) is 19.2 Å². The molecule has 0 spiro atoms. The van der Waals surface area contributed by atoms with Crippen LogP contribution in [0.15, 0.2) is 28.9 Å². The molecular formula is C13H13BrFN5. The lowest BCUT2D eigenvalue weighted by atomic mass is 10.2. The Bertz CT molecular complexity index is 777. The molecule has 0 aliphatic heterocycles. The number of aromatic nitrogens is 4. The lowest BCUT2D eigenvalue weighted by molar-refractivity contribution is 0.628. The van der Waals surface area contributed by atoms with Gasteiger partial charge in [-0.3, -0.25) is 4.57 Å². The van der Waals surface area contributed by atoms with Crippen LogP contribution in [0.4, 0.5) is 4.39 Å². The number of benzene rings is 1. The van der Waals surface area contributed by atoms with Gasteiger partial charge in [0.05, 0.1) is 11.3 Å². The van der Waals surface area contributed by atoms with E-state index in [-0.39, 0.29) is 5.82 Å². The van der Waals surface area contributed by atoms with E-state index in [4.69, 9.17) is 5.73 Å². The Morgan fingerprint density at radius 3 is 2.75 bits per heavy atom. The maximum Gasteiger partial charge on any atom is 0.233 e. The van der Waals surface area contributed by atoms with Gasteiger partial charge in [0, 0.05) is 13.5 Å². The fourth-order valence-corrected chi connectivity index (χ4v) is 2.68. The van der Waals surface area contributed by atoms with Crippen LogP contribution in [0, 0.1) is 5.82 Å². The van der Waals surface area contributed by atoms with Gasteiger partial charge in [-0.25, -0.2) is 9.37 Å². The van der Waals surface area contributed by atoms with Gasteiger partial charge in [0.2, 0.25) is 5.78 Å². The van der Waals surface area contributed by atoms with Crippen LogP contribution in [0.5, 0.6) is 0 Å². The number of imidazole rings is 1. The number of hydrogen-bond donors (Lipinski definition) is 1. The zero-order chi connectivity index (χ0) is 14.3. The smallest absolute Gasteiger partial charge is 0.233 e. The highest BCUT2D eigenvalue weighted by Gasteiger charge is 2.18. The Morgan fingerprint density at radius 1 is 1.35 bits per heavy atom. The summed E-state index contributed by atoms with van der Waals surface area (Å²) in [4.78, 5) is 4.49. The summed E-state index contributed by atoms with van der Waals surface area (Å²) in [5, 5.41) is 4.44. The highest BCUT2D eigenvalue weighted by Crippen LogP contribution is 2.25. The average molecular weight is 338 g/mol. The standard InChI is InChI=1S/C13H13BrFN5/c1-19-12(8-4-2-3-5-9(8)15)18-20-11(14)10(6-7-16)17-13(19)20/h2-5H,6-7,16H2,1H3. The molecule has 3 rings (SSSR count). The number of nitrogens with two attached hydrogens (primary N) is 1. The van der Waals surface area contributed by atoms with Crippen LogP contribution in [-0.4, -0.2) is 25.7 Å². The molecule has 0 atom stereocenters. The van der Waals surface area contributed by atoms with Crippen LogP contribution >= 0.6 is 15.9 Å². The first-order chi connectivity index (χ1) is 9.63. The van der Waals surface area contributed by atoms with E-state index in [1.807, 2.05) is 7.05 Å². The fraction of sp³-hybridized carbons (Fsp3) is 0.231. The Kier molecular flexibility index (Phi) is 3.31. The van der Waals surface area contributed by atoms with Crippen molar-refractivity contribution in [2.75, 3.05) is 6.54 Å². The first kappa shape index (κ1) is 13.3. The van der Waals surface area contributed by atoms with Crippen LogP contribution in [-0.2, 0) is 13.5 Å². The number of fused-ring (bicyclic) bond motifs is 1. The van der Waals surface area contributed by atoms with E-state index in [0.717, 1.165) is 10.3 Å². The molecule has 0 aliphatic carbocycles. The number of hydrogen-bond acceptors (Lipinski definition) is 3. The molecule has 2 aromatic heterocycles. The van der Waals surface area contributed by atoms with Gasteiger partial charge in [-0.1, -0.05) is 12.1 Å². The topological polar surface area (TPSA) is 61.1 Å². The van der Waals surface area contributed by atoms with Gasteiger partial charge in [-0.15, -0.1) is 5.10 Å². The predicted octanol–water partition coefficient (Wildman–Crippen LogP) is 2.14. The molecule has 0 radical (unpaired) electrons. The van der Waals surface area contributed by atoms with Crippen molar-refractivity contribution >= 4 is 21.7 Å². The molecule has 104 valence electrons. The van der Waals surface area contributed by atoms with E-state index >= 15 is 0 Å². The minimum atomic E-state index is -0.304. The van der Waals surface area contributed by atoms with Crippen LogP contribution in [0.2, 0.25) is 0 Å². The first-order valence-electron chi connectivity index (χ1n) is 6.18. The van der Waals surface area contributed by atoms with Crippen LogP contribution < -0.4 is 5.73 Å². The molecule has 0 fully saturated rings. The van der Waals surface area contributed by atoms with Crippen molar-refractivity contribution in [1.29, 1.82) is 0 Å². The molecule has 0 amide bonds. The van der Waals surface area contributed by atoms with Crippen molar-refractivity contribution in [3.05, 3.63) is 40.4 Å². The number of rotatable bonds is 3. The molecular weight excluding hydrogens is 325 g/mol. The quantitative estimate of drug-likeness (QED) is 0.796. The molecule has 0 aliphatic rings. The largest absolute Gasteiger partial charge is 0.330 e. The summed E-state index contributed by atoms with van der Waals surface area (Å²) in [6, 6.07) is 6.56. The predicted molar refractivity (Wildman–Crippen MR) is 77.8 cm³/mol. The monoisotopic (exact) mass is 337 g/mol. The Labute approximate surface area is 123 Å². The van der Waals surface area contributed by atoms with E-state index < -0.39 is 0 Å². The van der Waals surface area contributed by atoms with Gasteiger partial charge < -0.3 is 5.73 Å². The van der Waals surface area contributed by atoms with Gasteiger partial charge in [0.15, 0.2) is 5.82 Å². The molecule has 20 heavy (non-hydrogen) atoms. The molecule has 3 aromatic rings. The average Bonchev–Trinajstić information content (AvgIpc) is 2.91. The van der Waals surface area contributed by atoms with E-state index in [9.17, 15) is 4.39 Å². The Hall–Kier alpha value is -1.73. The number of halogens is 2. The Morgan fingerprint density at radius 2 is 2.10 bits per heavy atom. The second kappa shape index (κ2) is 4.99. The van der Waals surface area contributed by atoms with Crippen molar-refractivity contribution in [3.63, 3.8) is 0 Å². The number of aryl methyl sites for hydroxylation is 1. The van der Waals surface area contributed by atoms with Gasteiger partial charge in [-0.2, -0.15) is 4.52 Å². The van der Waals surface area contributed by atoms with Gasteiger partial charge >= 0.3 is 0 Å². The first-order valence-corrected chi connectivity index (χ1v) is 6.97. The van der Waals surface area contributed by atoms with E-state index in [2.05, 4.69) is 26.0 Å². The second-order valence-corrected chi connectivity index (χ2v) is 5.21. The maximum atomic E-state index is 13.9. The summed E-state index contributed by atoms with van der Waals surface area (Å²) >= 11 is 3.47. The molecule has 0 bridgehead atoms. The Balaban J connectivity index is 2.20. The third-order valence-corrected chi connectivity index (χ3v) is 3.95. The van der Waals surface area contributed by atoms with E-state index in [1.165, 1.54) is 6.07 Å². The fourth-order valence-electron chi connectivity index (χ4n) is 2.16. The summed E-state index contributed by atoms with van der Waals surface area (Å²) in [5.74, 6) is 0.881. The molecule has 0 saturated carbocycles. The normalized spacial score (nSPS) is 11.4. The number of nitrogens with zero attached hydrogens (tertiary/aromatic N) is 4. The van der Waals surface area contributed by atoms with Crippen molar-refractivity contribution in [3.8, 4) is 11.4 Å². The molecule has 1 aromatic carbocycles. The van der Waals surface area contributed by atoms with Crippen molar-refractivity contribution in [2.24, 2.45) is 12.8 Å². The van der Waals surface area contributed by atoms with Crippen LogP contribution in [0.3, 0.4) is 0 Å². The lowest BCUT2D eigenvalue weighted by Crippen LogP contribution is -2.04. The van der Waals surface area contributed by atoms with Crippen LogP contribution in [0.1, 0.15) is 5.69 Å². The summed E-state index contributed by atoms with van der Waals surface area (Å²) < 4.78 is 18.1. The second-order valence-electron chi connectivity index (χ2n) is 4.46. The lowest BCUT2D eigenvalue weighted by Gasteiger charge is -2.02. The third kappa shape index (κ3) is 1.94.